The van der Waals surface area contributed by atoms with E-state index in [1.807, 2.05) is 109 Å². The zero-order chi connectivity index (χ0) is 20.1. The Morgan fingerprint density at radius 3 is 2.10 bits per heavy atom. The lowest BCUT2D eigenvalue weighted by Gasteiger charge is -2.17. The van der Waals surface area contributed by atoms with Crippen molar-refractivity contribution in [3.05, 3.63) is 108 Å². The monoisotopic (exact) mass is 381 g/mol. The minimum absolute atomic E-state index is 0.0858. The van der Waals surface area contributed by atoms with Gasteiger partial charge >= 0.3 is 0 Å². The molecule has 0 aliphatic rings. The first-order chi connectivity index (χ1) is 14.2. The first kappa shape index (κ1) is 18.7. The summed E-state index contributed by atoms with van der Waals surface area (Å²) in [5.74, 6) is 0.0858. The molecule has 0 aliphatic heterocycles. The molecule has 0 aliphatic carbocycles. The van der Waals surface area contributed by atoms with Crippen LogP contribution >= 0.6 is 0 Å². The highest BCUT2D eigenvalue weighted by molar-refractivity contribution is 5.78. The summed E-state index contributed by atoms with van der Waals surface area (Å²) in [6.07, 6.45) is 2.41. The molecular weight excluding hydrogens is 358 g/mol. The number of hydrogen-bond acceptors (Lipinski definition) is 2. The van der Waals surface area contributed by atoms with Gasteiger partial charge in [0.25, 0.3) is 0 Å². The molecule has 0 N–H and O–H groups in total. The lowest BCUT2D eigenvalue weighted by Crippen LogP contribution is -2.27. The van der Waals surface area contributed by atoms with Crippen molar-refractivity contribution in [1.82, 2.24) is 14.7 Å². The molecule has 0 atom stereocenters. The summed E-state index contributed by atoms with van der Waals surface area (Å²) in [4.78, 5) is 14.5. The largest absolute Gasteiger partial charge is 0.341 e. The molecule has 0 fully saturated rings. The lowest BCUT2D eigenvalue weighted by molar-refractivity contribution is -0.129. The molecule has 0 radical (unpaired) electrons. The first-order valence-electron chi connectivity index (χ1n) is 9.68. The summed E-state index contributed by atoms with van der Waals surface area (Å²) >= 11 is 0. The fourth-order valence-corrected chi connectivity index (χ4v) is 3.33. The minimum atomic E-state index is 0.0858. The predicted octanol–water partition coefficient (Wildman–Crippen LogP) is 4.74. The molecule has 0 saturated heterocycles. The van der Waals surface area contributed by atoms with Crippen molar-refractivity contribution in [3.8, 4) is 16.9 Å². The highest BCUT2D eigenvalue weighted by Gasteiger charge is 2.17. The number of benzene rings is 3. The number of rotatable bonds is 6. The van der Waals surface area contributed by atoms with Crippen LogP contribution < -0.4 is 0 Å². The third-order valence-electron chi connectivity index (χ3n) is 4.89. The minimum Gasteiger partial charge on any atom is -0.341 e. The smallest absolute Gasteiger partial charge is 0.227 e. The number of para-hydroxylation sites is 1. The molecule has 4 aromatic rings. The van der Waals surface area contributed by atoms with E-state index in [-0.39, 0.29) is 5.91 Å². The van der Waals surface area contributed by atoms with Crippen LogP contribution in [0.4, 0.5) is 0 Å². The van der Waals surface area contributed by atoms with Crippen molar-refractivity contribution in [1.29, 1.82) is 0 Å². The quantitative estimate of drug-likeness (QED) is 0.484. The van der Waals surface area contributed by atoms with E-state index in [1.54, 1.807) is 4.90 Å². The van der Waals surface area contributed by atoms with E-state index in [0.29, 0.717) is 13.0 Å². The molecule has 1 amide bonds. The van der Waals surface area contributed by atoms with Gasteiger partial charge in [0.2, 0.25) is 5.91 Å². The van der Waals surface area contributed by atoms with Crippen LogP contribution in [0.5, 0.6) is 0 Å². The normalized spacial score (nSPS) is 10.7. The Morgan fingerprint density at radius 2 is 1.45 bits per heavy atom. The molecule has 29 heavy (non-hydrogen) atoms. The molecule has 4 heteroatoms. The molecule has 1 heterocycles. The van der Waals surface area contributed by atoms with E-state index in [0.717, 1.165) is 28.1 Å². The molecule has 1 aromatic heterocycles. The van der Waals surface area contributed by atoms with Crippen molar-refractivity contribution in [3.63, 3.8) is 0 Å². The number of carbonyl (C=O) groups is 1. The fraction of sp³-hybridized carbons (Fsp3) is 0.120. The van der Waals surface area contributed by atoms with Crippen LogP contribution in [-0.4, -0.2) is 27.6 Å². The second-order valence-electron chi connectivity index (χ2n) is 7.06. The maximum absolute atomic E-state index is 12.7. The van der Waals surface area contributed by atoms with Crippen LogP contribution in [0.25, 0.3) is 16.9 Å². The number of amides is 1. The Morgan fingerprint density at radius 1 is 0.862 bits per heavy atom. The van der Waals surface area contributed by atoms with Gasteiger partial charge in [-0.1, -0.05) is 78.9 Å². The highest BCUT2D eigenvalue weighted by atomic mass is 16.2. The van der Waals surface area contributed by atoms with Crippen LogP contribution in [0.1, 0.15) is 11.1 Å². The van der Waals surface area contributed by atoms with E-state index in [9.17, 15) is 4.79 Å². The summed E-state index contributed by atoms with van der Waals surface area (Å²) in [5, 5.41) is 4.83. The first-order valence-corrected chi connectivity index (χ1v) is 9.68. The maximum atomic E-state index is 12.7. The Labute approximate surface area is 171 Å². The van der Waals surface area contributed by atoms with Crippen LogP contribution in [-0.2, 0) is 17.8 Å². The third-order valence-corrected chi connectivity index (χ3v) is 4.89. The van der Waals surface area contributed by atoms with Crippen LogP contribution in [0.3, 0.4) is 0 Å². The zero-order valence-corrected chi connectivity index (χ0v) is 16.4. The van der Waals surface area contributed by atoms with Gasteiger partial charge in [0.05, 0.1) is 17.8 Å². The van der Waals surface area contributed by atoms with Gasteiger partial charge in [0.1, 0.15) is 0 Å². The number of aromatic nitrogens is 2. The number of nitrogens with zero attached hydrogens (tertiary/aromatic N) is 3. The average Bonchev–Trinajstić information content (AvgIpc) is 3.19. The molecule has 4 nitrogen and oxygen atoms in total. The Bertz CT molecular complexity index is 1070. The molecule has 3 aromatic carbocycles. The molecule has 144 valence electrons. The van der Waals surface area contributed by atoms with Crippen LogP contribution in [0.15, 0.2) is 97.2 Å². The van der Waals surface area contributed by atoms with Gasteiger partial charge in [0.15, 0.2) is 0 Å². The average molecular weight is 381 g/mol. The molecule has 0 unspecified atom stereocenters. The number of likely N-dealkylation sites (N-methyl/N-ethyl adjacent to an activating group) is 1. The third kappa shape index (κ3) is 4.43. The number of hydrogen-bond donors (Lipinski definition) is 0. The van der Waals surface area contributed by atoms with E-state index < -0.39 is 0 Å². The summed E-state index contributed by atoms with van der Waals surface area (Å²) < 4.78 is 1.88. The van der Waals surface area contributed by atoms with Gasteiger partial charge in [-0.3, -0.25) is 4.79 Å². The van der Waals surface area contributed by atoms with Crippen molar-refractivity contribution in [2.45, 2.75) is 13.0 Å². The van der Waals surface area contributed by atoms with Gasteiger partial charge in [-0.2, -0.15) is 5.10 Å². The SMILES string of the molecule is CN(Cc1cn(-c2ccccc2)nc1-c1ccccc1)C(=O)Cc1ccccc1. The van der Waals surface area contributed by atoms with Crippen molar-refractivity contribution in [2.75, 3.05) is 7.05 Å². The standard InChI is InChI=1S/C25H23N3O/c1-27(24(29)17-20-11-5-2-6-12-20)18-22-19-28(23-15-9-4-10-16-23)26-25(22)21-13-7-3-8-14-21/h2-16,19H,17-18H2,1H3. The number of carbonyl (C=O) groups excluding carboxylic acids is 1. The summed E-state index contributed by atoms with van der Waals surface area (Å²) in [6.45, 7) is 0.503. The van der Waals surface area contributed by atoms with Crippen molar-refractivity contribution < 1.29 is 4.79 Å². The molecule has 4 rings (SSSR count). The summed E-state index contributed by atoms with van der Waals surface area (Å²) in [5.41, 5.74) is 4.97. The molecular formula is C25H23N3O. The topological polar surface area (TPSA) is 38.1 Å². The van der Waals surface area contributed by atoms with Gasteiger partial charge in [-0.25, -0.2) is 4.68 Å². The summed E-state index contributed by atoms with van der Waals surface area (Å²) in [7, 11) is 1.85. The van der Waals surface area contributed by atoms with E-state index in [1.165, 1.54) is 0 Å². The van der Waals surface area contributed by atoms with E-state index >= 15 is 0 Å². The van der Waals surface area contributed by atoms with E-state index in [2.05, 4.69) is 0 Å². The van der Waals surface area contributed by atoms with Crippen molar-refractivity contribution >= 4 is 5.91 Å². The van der Waals surface area contributed by atoms with Crippen LogP contribution in [0, 0.1) is 0 Å². The molecule has 0 spiro atoms. The van der Waals surface area contributed by atoms with Crippen LogP contribution in [0.2, 0.25) is 0 Å². The second kappa shape index (κ2) is 8.57. The van der Waals surface area contributed by atoms with Gasteiger partial charge < -0.3 is 4.90 Å². The van der Waals surface area contributed by atoms with Gasteiger partial charge in [-0.15, -0.1) is 0 Å². The predicted molar refractivity (Wildman–Crippen MR) is 116 cm³/mol. The van der Waals surface area contributed by atoms with Gasteiger partial charge in [-0.05, 0) is 17.7 Å². The Hall–Kier alpha value is -3.66. The zero-order valence-electron chi connectivity index (χ0n) is 16.4. The Balaban J connectivity index is 1.61. The second-order valence-corrected chi connectivity index (χ2v) is 7.06. The lowest BCUT2D eigenvalue weighted by atomic mass is 10.1. The van der Waals surface area contributed by atoms with E-state index in [4.69, 9.17) is 5.10 Å². The summed E-state index contributed by atoms with van der Waals surface area (Å²) in [6, 6.07) is 30.0. The molecule has 0 saturated carbocycles. The highest BCUT2D eigenvalue weighted by Crippen LogP contribution is 2.24. The maximum Gasteiger partial charge on any atom is 0.227 e. The Kier molecular flexibility index (Phi) is 5.52. The molecule has 0 bridgehead atoms. The van der Waals surface area contributed by atoms with Gasteiger partial charge in [0, 0.05) is 30.9 Å². The van der Waals surface area contributed by atoms with Crippen molar-refractivity contribution in [2.24, 2.45) is 0 Å². The fourth-order valence-electron chi connectivity index (χ4n) is 3.33.